The van der Waals surface area contributed by atoms with Gasteiger partial charge in [-0.15, -0.1) is 11.3 Å². The average molecular weight is 860 g/mol. The van der Waals surface area contributed by atoms with Crippen LogP contribution in [0.4, 0.5) is 17.1 Å². The Bertz CT molecular complexity index is 4280. The van der Waals surface area contributed by atoms with Crippen LogP contribution in [-0.4, -0.2) is 0 Å². The van der Waals surface area contributed by atoms with Gasteiger partial charge in [-0.2, -0.15) is 0 Å². The second kappa shape index (κ2) is 14.0. The maximum atomic E-state index is 6.40. The molecule has 0 bridgehead atoms. The maximum Gasteiger partial charge on any atom is 0.135 e. The Morgan fingerprint density at radius 1 is 0.318 bits per heavy atom. The Kier molecular flexibility index (Phi) is 7.94. The van der Waals surface area contributed by atoms with Gasteiger partial charge in [0.25, 0.3) is 0 Å². The lowest BCUT2D eigenvalue weighted by molar-refractivity contribution is 0.660. The highest BCUT2D eigenvalue weighted by atomic mass is 32.1. The highest BCUT2D eigenvalue weighted by Crippen LogP contribution is 2.51. The van der Waals surface area contributed by atoms with Crippen molar-refractivity contribution in [2.45, 2.75) is 19.3 Å². The monoisotopic (exact) mass is 859 g/mol. The van der Waals surface area contributed by atoms with E-state index in [1.165, 1.54) is 96.3 Å². The zero-order valence-electron chi connectivity index (χ0n) is 36.5. The number of furan rings is 1. The van der Waals surface area contributed by atoms with Gasteiger partial charge in [0.1, 0.15) is 11.2 Å². The van der Waals surface area contributed by atoms with Gasteiger partial charge < -0.3 is 9.32 Å². The first kappa shape index (κ1) is 37.4. The third-order valence-electron chi connectivity index (χ3n) is 14.5. The largest absolute Gasteiger partial charge is 0.456 e. The first-order valence-corrected chi connectivity index (χ1v) is 23.6. The fourth-order valence-corrected chi connectivity index (χ4v) is 12.5. The normalized spacial score (nSPS) is 13.1. The van der Waals surface area contributed by atoms with Gasteiger partial charge in [-0.05, 0) is 143 Å². The lowest BCUT2D eigenvalue weighted by atomic mass is 9.82. The van der Waals surface area contributed by atoms with E-state index in [0.717, 1.165) is 39.0 Å². The van der Waals surface area contributed by atoms with E-state index in [2.05, 4.69) is 225 Å². The summed E-state index contributed by atoms with van der Waals surface area (Å²) in [5, 5.41) is 17.0. The Morgan fingerprint density at radius 3 is 1.50 bits per heavy atom. The third kappa shape index (κ3) is 5.41. The molecule has 2 nitrogen and oxygen atoms in total. The summed E-state index contributed by atoms with van der Waals surface area (Å²) in [5.41, 5.74) is 10.2. The molecule has 1 aliphatic carbocycles. The molecule has 2 heterocycles. The zero-order chi connectivity index (χ0) is 43.7. The van der Waals surface area contributed by atoms with E-state index in [-0.39, 0.29) is 5.41 Å². The van der Waals surface area contributed by atoms with Crippen LogP contribution >= 0.6 is 11.3 Å². The van der Waals surface area contributed by atoms with E-state index in [1.54, 1.807) is 0 Å². The molecule has 0 atom stereocenters. The summed E-state index contributed by atoms with van der Waals surface area (Å²) < 4.78 is 9.00. The Labute approximate surface area is 385 Å². The molecule has 0 N–H and O–H groups in total. The summed E-state index contributed by atoms with van der Waals surface area (Å²) in [6.45, 7) is 4.73. The molecule has 0 fully saturated rings. The highest BCUT2D eigenvalue weighted by Gasteiger charge is 2.36. The fraction of sp³-hybridized carbons (Fsp3) is 0.0476. The van der Waals surface area contributed by atoms with Crippen LogP contribution in [0.1, 0.15) is 25.0 Å². The van der Waals surface area contributed by atoms with E-state index in [0.29, 0.717) is 0 Å². The van der Waals surface area contributed by atoms with Crippen LogP contribution < -0.4 is 4.90 Å². The molecule has 14 rings (SSSR count). The molecule has 66 heavy (non-hydrogen) atoms. The molecular weight excluding hydrogens is 819 g/mol. The van der Waals surface area contributed by atoms with E-state index in [4.69, 9.17) is 4.42 Å². The minimum atomic E-state index is -0.162. The fourth-order valence-electron chi connectivity index (χ4n) is 11.3. The van der Waals surface area contributed by atoms with Crippen LogP contribution in [-0.2, 0) is 5.41 Å². The minimum Gasteiger partial charge on any atom is -0.456 e. The van der Waals surface area contributed by atoms with Gasteiger partial charge in [0, 0.05) is 53.4 Å². The first-order chi connectivity index (χ1) is 32.5. The van der Waals surface area contributed by atoms with Crippen LogP contribution in [0.5, 0.6) is 0 Å². The number of hydrogen-bond donors (Lipinski definition) is 0. The molecular formula is C63H41NOS. The van der Waals surface area contributed by atoms with Crippen molar-refractivity contribution in [1.82, 2.24) is 0 Å². The van der Waals surface area contributed by atoms with Gasteiger partial charge in [-0.25, -0.2) is 0 Å². The molecule has 0 radical (unpaired) electrons. The number of para-hydroxylation sites is 1. The van der Waals surface area contributed by atoms with Gasteiger partial charge in [0.15, 0.2) is 0 Å². The predicted molar refractivity (Wildman–Crippen MR) is 284 cm³/mol. The van der Waals surface area contributed by atoms with Crippen molar-refractivity contribution in [3.05, 3.63) is 223 Å². The number of fused-ring (bicyclic) bond motifs is 19. The van der Waals surface area contributed by atoms with E-state index >= 15 is 0 Å². The van der Waals surface area contributed by atoms with Gasteiger partial charge >= 0.3 is 0 Å². The standard InChI is InChI=1S/C63H41NOS/c1-63(2)57-24-12-9-21-48(57)49-31-28-40(35-58(49)63)64(39-29-32-60-55(34-39)50-22-10-13-25-59(50)65-60)38-27-30-47-52(33-38)45-19-7-5-17-43(45)41-15-3-4-16-42(41)44-18-6-8-20-46(44)54-37-62-56(36-53(47)54)51-23-11-14-26-61(51)66-62/h3-37H,1-2H3. The van der Waals surface area contributed by atoms with Crippen molar-refractivity contribution in [1.29, 1.82) is 0 Å². The molecule has 1 aliphatic rings. The molecule has 13 aromatic rings. The number of anilines is 3. The highest BCUT2D eigenvalue weighted by molar-refractivity contribution is 7.25. The Morgan fingerprint density at radius 2 is 0.788 bits per heavy atom. The zero-order valence-corrected chi connectivity index (χ0v) is 37.3. The van der Waals surface area contributed by atoms with E-state index < -0.39 is 0 Å². The summed E-state index contributed by atoms with van der Waals surface area (Å²) in [5.74, 6) is 0. The minimum absolute atomic E-state index is 0.162. The van der Waals surface area contributed by atoms with E-state index in [9.17, 15) is 0 Å². The molecule has 0 saturated carbocycles. The Balaban J connectivity index is 1.14. The molecule has 310 valence electrons. The maximum absolute atomic E-state index is 6.40. The third-order valence-corrected chi connectivity index (χ3v) is 15.6. The second-order valence-electron chi connectivity index (χ2n) is 18.4. The molecule has 11 aromatic carbocycles. The summed E-state index contributed by atoms with van der Waals surface area (Å²) in [6, 6.07) is 79.0. The average Bonchev–Trinajstić information content (AvgIpc) is 4.00. The summed E-state index contributed by atoms with van der Waals surface area (Å²) in [4.78, 5) is 2.46. The van der Waals surface area contributed by atoms with Crippen LogP contribution in [0.2, 0.25) is 0 Å². The smallest absolute Gasteiger partial charge is 0.135 e. The lowest BCUT2D eigenvalue weighted by Gasteiger charge is -2.28. The van der Waals surface area contributed by atoms with Gasteiger partial charge in [-0.3, -0.25) is 0 Å². The molecule has 0 unspecified atom stereocenters. The van der Waals surface area contributed by atoms with E-state index in [1.807, 2.05) is 17.4 Å². The van der Waals surface area contributed by atoms with Gasteiger partial charge in [0.2, 0.25) is 0 Å². The summed E-state index contributed by atoms with van der Waals surface area (Å²) in [6.07, 6.45) is 0. The number of benzene rings is 10. The van der Waals surface area contributed by atoms with Gasteiger partial charge in [0.05, 0.1) is 0 Å². The molecule has 0 spiro atoms. The number of nitrogens with zero attached hydrogens (tertiary/aromatic N) is 1. The molecule has 2 aromatic heterocycles. The molecule has 3 heteroatoms. The SMILES string of the molecule is CC1(C)c2ccccc2-c2ccc(N(c3ccc4oc5ccccc5c4c3)c3ccc4c(c3)c3ccccc3c3ccccc3c3ccccc3c3cc5sc6ccccc6c5cc43)cc21. The first-order valence-electron chi connectivity index (χ1n) is 22.8. The Hall–Kier alpha value is -7.98. The van der Waals surface area contributed by atoms with Crippen molar-refractivity contribution in [2.75, 3.05) is 4.90 Å². The van der Waals surface area contributed by atoms with Crippen LogP contribution in [0.25, 0.3) is 107 Å². The van der Waals surface area contributed by atoms with Crippen molar-refractivity contribution in [3.8, 4) is 11.1 Å². The predicted octanol–water partition coefficient (Wildman–Crippen LogP) is 18.6. The summed E-state index contributed by atoms with van der Waals surface area (Å²) >= 11 is 1.88. The quantitative estimate of drug-likeness (QED) is 0.176. The summed E-state index contributed by atoms with van der Waals surface area (Å²) in [7, 11) is 0. The van der Waals surface area contributed by atoms with Crippen LogP contribution in [0.3, 0.4) is 0 Å². The van der Waals surface area contributed by atoms with Gasteiger partial charge in [-0.1, -0.05) is 159 Å². The molecule has 0 saturated heterocycles. The molecule has 0 amide bonds. The topological polar surface area (TPSA) is 16.4 Å². The van der Waals surface area contributed by atoms with Crippen molar-refractivity contribution in [3.63, 3.8) is 0 Å². The number of hydrogen-bond acceptors (Lipinski definition) is 3. The molecule has 0 aliphatic heterocycles. The van der Waals surface area contributed by atoms with Crippen molar-refractivity contribution in [2.24, 2.45) is 0 Å². The second-order valence-corrected chi connectivity index (χ2v) is 19.5. The van der Waals surface area contributed by atoms with Crippen LogP contribution in [0.15, 0.2) is 217 Å². The lowest BCUT2D eigenvalue weighted by Crippen LogP contribution is -2.16. The van der Waals surface area contributed by atoms with Crippen molar-refractivity contribution >= 4 is 124 Å². The number of thiophene rings is 1. The van der Waals surface area contributed by atoms with Crippen LogP contribution in [0, 0.1) is 0 Å². The number of rotatable bonds is 3. The van der Waals surface area contributed by atoms with Crippen molar-refractivity contribution < 1.29 is 4.42 Å².